The smallest absolute Gasteiger partial charge is 0.311 e. The van der Waals surface area contributed by atoms with Crippen LogP contribution in [0.25, 0.3) is 0 Å². The van der Waals surface area contributed by atoms with Crippen molar-refractivity contribution in [2.75, 3.05) is 14.1 Å². The van der Waals surface area contributed by atoms with Gasteiger partial charge in [0, 0.05) is 6.07 Å². The third-order valence-electron chi connectivity index (χ3n) is 1.46. The fourth-order valence-corrected chi connectivity index (χ4v) is 1.65. The molecule has 6 heteroatoms. The Kier molecular flexibility index (Phi) is 3.32. The fourth-order valence-electron chi connectivity index (χ4n) is 0.928. The summed E-state index contributed by atoms with van der Waals surface area (Å²) >= 11 is 1.24. The van der Waals surface area contributed by atoms with Gasteiger partial charge in [0.2, 0.25) is 5.75 Å². The summed E-state index contributed by atoms with van der Waals surface area (Å²) in [7, 11) is 3.59. The van der Waals surface area contributed by atoms with E-state index >= 15 is 0 Å². The molecule has 1 aromatic carbocycles. The van der Waals surface area contributed by atoms with Crippen LogP contribution >= 0.6 is 11.9 Å². The second kappa shape index (κ2) is 4.30. The third-order valence-corrected chi connectivity index (χ3v) is 2.35. The Morgan fingerprint density at radius 3 is 2.64 bits per heavy atom. The van der Waals surface area contributed by atoms with E-state index in [0.717, 1.165) is 0 Å². The zero-order chi connectivity index (χ0) is 10.7. The molecule has 5 nitrogen and oxygen atoms in total. The molecule has 0 amide bonds. The van der Waals surface area contributed by atoms with Crippen LogP contribution in [-0.2, 0) is 0 Å². The Hall–Kier alpha value is -1.27. The Bertz CT molecular complexity index is 354. The molecule has 0 saturated carbocycles. The van der Waals surface area contributed by atoms with Gasteiger partial charge in [-0.15, -0.1) is 0 Å². The van der Waals surface area contributed by atoms with Crippen LogP contribution in [0.3, 0.4) is 0 Å². The van der Waals surface area contributed by atoms with Gasteiger partial charge in [-0.1, -0.05) is 6.07 Å². The summed E-state index contributed by atoms with van der Waals surface area (Å²) in [5.41, 5.74) is -0.267. The van der Waals surface area contributed by atoms with E-state index in [1.165, 1.54) is 18.0 Å². The van der Waals surface area contributed by atoms with Gasteiger partial charge in [0.1, 0.15) is 0 Å². The highest BCUT2D eigenvalue weighted by Crippen LogP contribution is 2.36. The van der Waals surface area contributed by atoms with E-state index in [1.54, 1.807) is 30.5 Å². The van der Waals surface area contributed by atoms with E-state index in [9.17, 15) is 15.2 Å². The number of nitrogens with zero attached hydrogens (tertiary/aromatic N) is 2. The van der Waals surface area contributed by atoms with Crippen LogP contribution in [0.15, 0.2) is 23.1 Å². The molecular formula is C8H10N2O3S. The molecule has 0 aliphatic heterocycles. The number of phenolic OH excluding ortho intramolecular Hbond substituents is 1. The maximum absolute atomic E-state index is 10.5. The number of para-hydroxylation sites is 1. The van der Waals surface area contributed by atoms with Gasteiger partial charge >= 0.3 is 5.69 Å². The van der Waals surface area contributed by atoms with Crippen molar-refractivity contribution in [2.24, 2.45) is 0 Å². The van der Waals surface area contributed by atoms with Crippen molar-refractivity contribution in [1.82, 2.24) is 4.31 Å². The van der Waals surface area contributed by atoms with Gasteiger partial charge in [-0.05, 0) is 32.1 Å². The fraction of sp³-hybridized carbons (Fsp3) is 0.250. The second-order valence-corrected chi connectivity index (χ2v) is 4.14. The normalized spacial score (nSPS) is 10.5. The third kappa shape index (κ3) is 2.36. The van der Waals surface area contributed by atoms with E-state index < -0.39 is 4.92 Å². The lowest BCUT2D eigenvalue weighted by molar-refractivity contribution is -0.386. The number of benzene rings is 1. The van der Waals surface area contributed by atoms with Gasteiger partial charge in [0.05, 0.1) is 9.82 Å². The zero-order valence-corrected chi connectivity index (χ0v) is 8.61. The standard InChI is InChI=1S/C8H10N2O3S/c1-9(2)14-7-5-3-4-6(8(7)11)10(12)13/h3-5,11H,1-2H3. The maximum Gasteiger partial charge on any atom is 0.311 e. The van der Waals surface area contributed by atoms with Gasteiger partial charge < -0.3 is 5.11 Å². The zero-order valence-electron chi connectivity index (χ0n) is 7.80. The van der Waals surface area contributed by atoms with E-state index in [1.807, 2.05) is 0 Å². The summed E-state index contributed by atoms with van der Waals surface area (Å²) in [5, 5.41) is 20.0. The van der Waals surface area contributed by atoms with Crippen LogP contribution in [-0.4, -0.2) is 28.4 Å². The molecule has 0 heterocycles. The Morgan fingerprint density at radius 1 is 1.50 bits per heavy atom. The van der Waals surface area contributed by atoms with Crippen LogP contribution in [0.1, 0.15) is 0 Å². The van der Waals surface area contributed by atoms with Crippen LogP contribution in [0.4, 0.5) is 5.69 Å². The number of hydrogen-bond donors (Lipinski definition) is 1. The van der Waals surface area contributed by atoms with Crippen LogP contribution < -0.4 is 0 Å². The predicted octanol–water partition coefficient (Wildman–Crippen LogP) is 1.87. The van der Waals surface area contributed by atoms with Crippen molar-refractivity contribution in [1.29, 1.82) is 0 Å². The number of nitro benzene ring substituents is 1. The first-order chi connectivity index (χ1) is 6.52. The second-order valence-electron chi connectivity index (χ2n) is 2.78. The maximum atomic E-state index is 10.5. The van der Waals surface area contributed by atoms with E-state index in [2.05, 4.69) is 0 Å². The molecule has 0 spiro atoms. The van der Waals surface area contributed by atoms with Crippen molar-refractivity contribution < 1.29 is 10.0 Å². The Labute approximate surface area is 85.6 Å². The average Bonchev–Trinajstić information content (AvgIpc) is 2.07. The van der Waals surface area contributed by atoms with Crippen molar-refractivity contribution in [2.45, 2.75) is 4.90 Å². The SMILES string of the molecule is CN(C)Sc1cccc([N+](=O)[O-])c1O. The van der Waals surface area contributed by atoms with Gasteiger partial charge in [0.25, 0.3) is 0 Å². The van der Waals surface area contributed by atoms with Crippen LogP contribution in [0, 0.1) is 10.1 Å². The largest absolute Gasteiger partial charge is 0.501 e. The molecule has 1 rings (SSSR count). The average molecular weight is 214 g/mol. The molecule has 0 saturated heterocycles. The molecule has 1 aromatic rings. The monoisotopic (exact) mass is 214 g/mol. The quantitative estimate of drug-likeness (QED) is 0.472. The summed E-state index contributed by atoms with van der Waals surface area (Å²) in [6.45, 7) is 0. The highest BCUT2D eigenvalue weighted by atomic mass is 32.2. The predicted molar refractivity (Wildman–Crippen MR) is 54.3 cm³/mol. The number of nitro groups is 1. The summed E-state index contributed by atoms with van der Waals surface area (Å²) in [5.74, 6) is -0.281. The topological polar surface area (TPSA) is 66.6 Å². The molecule has 1 N–H and O–H groups in total. The summed E-state index contributed by atoms with van der Waals surface area (Å²) < 4.78 is 1.75. The number of phenols is 1. The summed E-state index contributed by atoms with van der Waals surface area (Å²) in [6.07, 6.45) is 0. The molecule has 0 aromatic heterocycles. The molecule has 0 fully saturated rings. The number of aromatic hydroxyl groups is 1. The lowest BCUT2D eigenvalue weighted by atomic mass is 10.3. The molecule has 0 radical (unpaired) electrons. The first-order valence-electron chi connectivity index (χ1n) is 3.84. The molecule has 0 bridgehead atoms. The lowest BCUT2D eigenvalue weighted by Gasteiger charge is -2.09. The molecular weight excluding hydrogens is 204 g/mol. The summed E-state index contributed by atoms with van der Waals surface area (Å²) in [4.78, 5) is 10.4. The first kappa shape index (κ1) is 10.8. The van der Waals surface area contributed by atoms with E-state index in [-0.39, 0.29) is 11.4 Å². The lowest BCUT2D eigenvalue weighted by Crippen LogP contribution is -1.99. The molecule has 0 aliphatic rings. The minimum Gasteiger partial charge on any atom is -0.501 e. The minimum atomic E-state index is -0.602. The van der Waals surface area contributed by atoms with Crippen molar-refractivity contribution in [3.63, 3.8) is 0 Å². The van der Waals surface area contributed by atoms with Gasteiger partial charge in [-0.3, -0.25) is 14.4 Å². The minimum absolute atomic E-state index is 0.267. The van der Waals surface area contributed by atoms with E-state index in [0.29, 0.717) is 4.90 Å². The number of hydrogen-bond acceptors (Lipinski definition) is 5. The Morgan fingerprint density at radius 2 is 2.14 bits per heavy atom. The highest BCUT2D eigenvalue weighted by molar-refractivity contribution is 7.97. The summed E-state index contributed by atoms with van der Waals surface area (Å²) in [6, 6.07) is 4.45. The van der Waals surface area contributed by atoms with Gasteiger partial charge in [-0.25, -0.2) is 0 Å². The molecule has 0 unspecified atom stereocenters. The molecule has 0 aliphatic carbocycles. The van der Waals surface area contributed by atoms with Crippen LogP contribution in [0.5, 0.6) is 5.75 Å². The van der Waals surface area contributed by atoms with Crippen molar-refractivity contribution >= 4 is 17.6 Å². The number of rotatable bonds is 3. The van der Waals surface area contributed by atoms with Crippen molar-refractivity contribution in [3.8, 4) is 5.75 Å². The first-order valence-corrected chi connectivity index (χ1v) is 4.61. The van der Waals surface area contributed by atoms with Gasteiger partial charge in [0.15, 0.2) is 0 Å². The van der Waals surface area contributed by atoms with Gasteiger partial charge in [-0.2, -0.15) is 0 Å². The van der Waals surface area contributed by atoms with E-state index in [4.69, 9.17) is 0 Å². The Balaban J connectivity index is 3.07. The van der Waals surface area contributed by atoms with Crippen molar-refractivity contribution in [3.05, 3.63) is 28.3 Å². The molecule has 76 valence electrons. The molecule has 0 atom stereocenters. The molecule has 14 heavy (non-hydrogen) atoms. The highest BCUT2D eigenvalue weighted by Gasteiger charge is 2.16. The van der Waals surface area contributed by atoms with Crippen LogP contribution in [0.2, 0.25) is 0 Å².